The molecule has 178 valence electrons. The number of aryl methyl sites for hydroxylation is 1. The molecular formula is C22H31N7O3S. The van der Waals surface area contributed by atoms with Crippen molar-refractivity contribution in [1.82, 2.24) is 9.88 Å². The third-order valence-electron chi connectivity index (χ3n) is 6.86. The molecule has 4 aliphatic rings. The molecule has 2 unspecified atom stereocenters. The first-order valence-electron chi connectivity index (χ1n) is 11.6. The Labute approximate surface area is 194 Å². The number of likely N-dealkylation sites (tertiary alicyclic amines) is 1. The molecule has 2 atom stereocenters. The van der Waals surface area contributed by atoms with E-state index in [2.05, 4.69) is 19.6 Å². The van der Waals surface area contributed by atoms with Crippen LogP contribution in [0.15, 0.2) is 20.5 Å². The molecule has 0 aromatic carbocycles. The van der Waals surface area contributed by atoms with E-state index in [1.165, 1.54) is 6.42 Å². The fraction of sp³-hybridized carbons (Fsp3) is 0.591. The average molecular weight is 474 g/mol. The second-order valence-electron chi connectivity index (χ2n) is 9.17. The molecule has 1 aromatic heterocycles. The first-order valence-corrected chi connectivity index (χ1v) is 13.2. The summed E-state index contributed by atoms with van der Waals surface area (Å²) in [5.41, 5.74) is 10.5. The van der Waals surface area contributed by atoms with E-state index >= 15 is 0 Å². The summed E-state index contributed by atoms with van der Waals surface area (Å²) in [5.74, 6) is 0.547. The Hall–Kier alpha value is -2.50. The number of nitrogens with one attached hydrogen (secondary N) is 1. The molecule has 33 heavy (non-hydrogen) atoms. The van der Waals surface area contributed by atoms with Gasteiger partial charge < -0.3 is 15.8 Å². The van der Waals surface area contributed by atoms with Crippen LogP contribution in [0.3, 0.4) is 0 Å². The van der Waals surface area contributed by atoms with Crippen LogP contribution < -0.4 is 16.2 Å². The van der Waals surface area contributed by atoms with Crippen molar-refractivity contribution in [3.63, 3.8) is 0 Å². The van der Waals surface area contributed by atoms with Crippen molar-refractivity contribution in [3.05, 3.63) is 33.6 Å². The van der Waals surface area contributed by atoms with Gasteiger partial charge in [-0.3, -0.25) is 9.88 Å². The standard InChI is InChI=1S/C22H31N7O3S/c1-13-19(14-6-7-14)26-17-5-2-4-16(17)20(13)27-22(30)28-33(24,31)18(10-23)21-25-11-15(12-32-21)29-8-3-9-29/h10,14-15H,2-9,11-12,23H2,1H3,(H3,24,26,27,28,30,31)/b18-10+. The number of carbonyl (C=O) groups is 1. The van der Waals surface area contributed by atoms with E-state index in [0.717, 1.165) is 79.6 Å². The number of nitrogens with zero attached hydrogens (tertiary/aromatic N) is 4. The molecule has 2 fully saturated rings. The van der Waals surface area contributed by atoms with Crippen molar-refractivity contribution in [2.75, 3.05) is 31.6 Å². The minimum Gasteiger partial charge on any atom is -0.475 e. The lowest BCUT2D eigenvalue weighted by Crippen LogP contribution is -2.50. The van der Waals surface area contributed by atoms with Gasteiger partial charge in [-0.25, -0.2) is 19.1 Å². The summed E-state index contributed by atoms with van der Waals surface area (Å²) in [6.07, 6.45) is 7.23. The number of nitrogens with two attached hydrogens (primary N) is 2. The molecule has 2 aliphatic carbocycles. The van der Waals surface area contributed by atoms with Crippen molar-refractivity contribution < 1.29 is 13.7 Å². The van der Waals surface area contributed by atoms with Crippen LogP contribution in [-0.4, -0.2) is 58.3 Å². The zero-order valence-electron chi connectivity index (χ0n) is 18.9. The summed E-state index contributed by atoms with van der Waals surface area (Å²) in [6, 6.07) is -0.588. The number of urea groups is 1. The molecule has 5 N–H and O–H groups in total. The summed E-state index contributed by atoms with van der Waals surface area (Å²) in [7, 11) is -3.65. The summed E-state index contributed by atoms with van der Waals surface area (Å²) in [6.45, 7) is 4.94. The zero-order chi connectivity index (χ0) is 23.2. The van der Waals surface area contributed by atoms with Crippen molar-refractivity contribution in [1.29, 1.82) is 0 Å². The lowest BCUT2D eigenvalue weighted by Gasteiger charge is -2.39. The maximum absolute atomic E-state index is 13.2. The van der Waals surface area contributed by atoms with Crippen LogP contribution in [0.4, 0.5) is 10.5 Å². The largest absolute Gasteiger partial charge is 0.475 e. The summed E-state index contributed by atoms with van der Waals surface area (Å²) in [4.78, 5) is 24.3. The van der Waals surface area contributed by atoms with Crippen LogP contribution in [0.5, 0.6) is 0 Å². The quantitative estimate of drug-likeness (QED) is 0.595. The van der Waals surface area contributed by atoms with Gasteiger partial charge in [0.25, 0.3) is 0 Å². The predicted molar refractivity (Wildman–Crippen MR) is 127 cm³/mol. The van der Waals surface area contributed by atoms with Gasteiger partial charge in [0, 0.05) is 23.5 Å². The molecule has 0 radical (unpaired) electrons. The smallest absolute Gasteiger partial charge is 0.354 e. The number of amides is 2. The van der Waals surface area contributed by atoms with E-state index in [1.54, 1.807) is 0 Å². The van der Waals surface area contributed by atoms with Crippen LogP contribution in [0.2, 0.25) is 0 Å². The number of aliphatic imine (C=N–C) groups is 1. The van der Waals surface area contributed by atoms with Crippen LogP contribution in [-0.2, 0) is 27.5 Å². The average Bonchev–Trinajstić information content (AvgIpc) is 3.47. The number of hydrogen-bond donors (Lipinski definition) is 3. The second-order valence-corrected chi connectivity index (χ2v) is 10.9. The minimum absolute atomic E-state index is 0.0601. The van der Waals surface area contributed by atoms with E-state index in [4.69, 9.17) is 20.6 Å². The van der Waals surface area contributed by atoms with E-state index in [-0.39, 0.29) is 16.8 Å². The monoisotopic (exact) mass is 473 g/mol. The fourth-order valence-electron chi connectivity index (χ4n) is 4.76. The van der Waals surface area contributed by atoms with Crippen LogP contribution in [0.25, 0.3) is 0 Å². The number of anilines is 1. The molecule has 5 rings (SSSR count). The molecule has 2 aliphatic heterocycles. The van der Waals surface area contributed by atoms with Gasteiger partial charge in [0.1, 0.15) is 11.5 Å². The van der Waals surface area contributed by atoms with E-state index < -0.39 is 15.9 Å². The second kappa shape index (κ2) is 8.69. The number of hydrogen-bond acceptors (Lipinski definition) is 7. The van der Waals surface area contributed by atoms with Gasteiger partial charge in [-0.1, -0.05) is 0 Å². The van der Waals surface area contributed by atoms with E-state index in [1.807, 2.05) is 6.92 Å². The Morgan fingerprint density at radius 2 is 2.09 bits per heavy atom. The van der Waals surface area contributed by atoms with Gasteiger partial charge in [0.2, 0.25) is 5.90 Å². The van der Waals surface area contributed by atoms with E-state index in [0.29, 0.717) is 19.1 Å². The Kier molecular flexibility index (Phi) is 5.87. The number of fused-ring (bicyclic) bond motifs is 1. The zero-order valence-corrected chi connectivity index (χ0v) is 19.7. The third-order valence-corrected chi connectivity index (χ3v) is 8.24. The van der Waals surface area contributed by atoms with Crippen LogP contribution in [0.1, 0.15) is 54.1 Å². The number of pyridine rings is 1. The maximum atomic E-state index is 13.2. The van der Waals surface area contributed by atoms with E-state index in [9.17, 15) is 9.00 Å². The highest BCUT2D eigenvalue weighted by Crippen LogP contribution is 2.44. The van der Waals surface area contributed by atoms with Gasteiger partial charge in [0.15, 0.2) is 9.92 Å². The first kappa shape index (κ1) is 22.3. The summed E-state index contributed by atoms with van der Waals surface area (Å²) < 4.78 is 22.7. The number of ether oxygens (including phenoxy) is 1. The highest BCUT2D eigenvalue weighted by molar-refractivity contribution is 7.96. The first-order chi connectivity index (χ1) is 15.9. The molecule has 1 aromatic rings. The van der Waals surface area contributed by atoms with Gasteiger partial charge in [-0.2, -0.15) is 0 Å². The third kappa shape index (κ3) is 4.36. The summed E-state index contributed by atoms with van der Waals surface area (Å²) in [5, 5.41) is 8.84. The Bertz CT molecular complexity index is 1160. The predicted octanol–water partition coefficient (Wildman–Crippen LogP) is 1.93. The molecule has 0 spiro atoms. The molecule has 1 saturated carbocycles. The van der Waals surface area contributed by atoms with Gasteiger partial charge >= 0.3 is 6.03 Å². The highest BCUT2D eigenvalue weighted by atomic mass is 32.2. The van der Waals surface area contributed by atoms with Gasteiger partial charge in [0.05, 0.1) is 18.3 Å². The van der Waals surface area contributed by atoms with Crippen LogP contribution >= 0.6 is 0 Å². The topological polar surface area (TPSA) is 148 Å². The molecular weight excluding hydrogens is 442 g/mol. The van der Waals surface area contributed by atoms with Crippen LogP contribution in [0, 0.1) is 6.92 Å². The lowest BCUT2D eigenvalue weighted by molar-refractivity contribution is 0.0724. The SMILES string of the molecule is Cc1c(C2CC2)nc2c(c1NC(=O)N=S(N)(=O)/C(=C/N)C1=NCC(N3CCC3)CO1)CCC2. The van der Waals surface area contributed by atoms with Crippen molar-refractivity contribution in [2.45, 2.75) is 57.4 Å². The van der Waals surface area contributed by atoms with Crippen molar-refractivity contribution in [3.8, 4) is 0 Å². The van der Waals surface area contributed by atoms with Crippen molar-refractivity contribution in [2.24, 2.45) is 20.2 Å². The Morgan fingerprint density at radius 1 is 1.30 bits per heavy atom. The molecule has 11 heteroatoms. The molecule has 1 saturated heterocycles. The fourth-order valence-corrected chi connectivity index (χ4v) is 5.72. The maximum Gasteiger partial charge on any atom is 0.354 e. The van der Waals surface area contributed by atoms with Gasteiger partial charge in [-0.05, 0) is 69.7 Å². The number of rotatable bonds is 5. The Morgan fingerprint density at radius 3 is 2.70 bits per heavy atom. The van der Waals surface area contributed by atoms with Gasteiger partial charge in [-0.15, -0.1) is 4.36 Å². The number of carbonyl (C=O) groups excluding carboxylic acids is 1. The highest BCUT2D eigenvalue weighted by Gasteiger charge is 2.32. The summed E-state index contributed by atoms with van der Waals surface area (Å²) >= 11 is 0. The molecule has 0 bridgehead atoms. The molecule has 2 amide bonds. The van der Waals surface area contributed by atoms with Crippen molar-refractivity contribution >= 4 is 27.5 Å². The molecule has 10 nitrogen and oxygen atoms in total. The Balaban J connectivity index is 1.37. The lowest BCUT2D eigenvalue weighted by atomic mass is 10.0. The minimum atomic E-state index is -3.65. The normalized spacial score (nSPS) is 24.7. The number of aromatic nitrogens is 1. The molecule has 3 heterocycles.